The molecule has 0 spiro atoms. The standard InChI is InChI=1S/C48H34N2/c1-4-15-35(16-5-1)37-27-31-40(32-28-37)49(41-33-29-38(30-34-41)36-17-6-2-7-18-36)45-24-12-10-21-42(45)43-23-14-26-47-48(43)44-22-11-13-25-46(44)50(47)39-19-8-3-9-20-39/h1-34H/i1D,2D,4D,5D,6D,7D,15D,16D,17D,18D. The van der Waals surface area contributed by atoms with Crippen LogP contribution < -0.4 is 4.90 Å². The van der Waals surface area contributed by atoms with Gasteiger partial charge in [0, 0.05) is 33.4 Å². The molecule has 0 aliphatic carbocycles. The largest absolute Gasteiger partial charge is 0.310 e. The molecule has 0 amide bonds. The highest BCUT2D eigenvalue weighted by molar-refractivity contribution is 6.17. The molecule has 2 nitrogen and oxygen atoms in total. The van der Waals surface area contributed by atoms with E-state index in [1.165, 1.54) is 0 Å². The van der Waals surface area contributed by atoms with E-state index in [4.69, 9.17) is 13.7 Å². The monoisotopic (exact) mass is 648 g/mol. The Bertz CT molecular complexity index is 2970. The van der Waals surface area contributed by atoms with E-state index in [0.29, 0.717) is 22.5 Å². The lowest BCUT2D eigenvalue weighted by Crippen LogP contribution is -2.11. The van der Waals surface area contributed by atoms with E-state index >= 15 is 0 Å². The Labute approximate surface area is 306 Å². The minimum absolute atomic E-state index is 0.101. The fourth-order valence-corrected chi connectivity index (χ4v) is 6.77. The molecule has 236 valence electrons. The SMILES string of the molecule is [2H]c1c([2H])c([2H])c(-c2ccc(N(c3ccc(-c4c([2H])c([2H])c([2H])c([2H])c4[2H])cc3)c3ccccc3-c3cccc4c3c3ccccc3n4-c3ccccc3)cc2)c([2H])c1[2H]. The molecule has 1 heterocycles. The summed E-state index contributed by atoms with van der Waals surface area (Å²) >= 11 is 0. The predicted molar refractivity (Wildman–Crippen MR) is 212 cm³/mol. The molecule has 9 aromatic rings. The highest BCUT2D eigenvalue weighted by Gasteiger charge is 2.21. The third-order valence-corrected chi connectivity index (χ3v) is 8.98. The molecule has 0 fully saturated rings. The molecule has 0 aliphatic rings. The Morgan fingerprint density at radius 2 is 0.920 bits per heavy atom. The van der Waals surface area contributed by atoms with Gasteiger partial charge in [-0.05, 0) is 82.4 Å². The van der Waals surface area contributed by atoms with E-state index < -0.39 is 36.3 Å². The Hall–Kier alpha value is -6.64. The smallest absolute Gasteiger partial charge is 0.0629 e. The van der Waals surface area contributed by atoms with Crippen LogP contribution in [0.3, 0.4) is 0 Å². The van der Waals surface area contributed by atoms with Gasteiger partial charge in [0.2, 0.25) is 0 Å². The van der Waals surface area contributed by atoms with Crippen molar-refractivity contribution in [1.29, 1.82) is 0 Å². The van der Waals surface area contributed by atoms with Gasteiger partial charge in [-0.1, -0.05) is 151 Å². The molecule has 0 bridgehead atoms. The third kappa shape index (κ3) is 5.24. The molecule has 0 unspecified atom stereocenters. The van der Waals surface area contributed by atoms with Crippen LogP contribution >= 0.6 is 0 Å². The summed E-state index contributed by atoms with van der Waals surface area (Å²) in [5.41, 5.74) is 8.38. The summed E-state index contributed by atoms with van der Waals surface area (Å²) in [5, 5.41) is 2.15. The van der Waals surface area contributed by atoms with Crippen LogP contribution in [0, 0.1) is 0 Å². The number of para-hydroxylation sites is 3. The second-order valence-electron chi connectivity index (χ2n) is 11.8. The van der Waals surface area contributed by atoms with Gasteiger partial charge in [-0.2, -0.15) is 0 Å². The van der Waals surface area contributed by atoms with E-state index in [2.05, 4.69) is 58.0 Å². The van der Waals surface area contributed by atoms with Gasteiger partial charge in [0.15, 0.2) is 0 Å². The van der Waals surface area contributed by atoms with Gasteiger partial charge in [-0.15, -0.1) is 0 Å². The number of rotatable bonds is 7. The van der Waals surface area contributed by atoms with Crippen LogP contribution in [0.15, 0.2) is 206 Å². The summed E-state index contributed by atoms with van der Waals surface area (Å²) in [5.74, 6) is 0. The normalized spacial score (nSPS) is 14.0. The fraction of sp³-hybridized carbons (Fsp3) is 0. The quantitative estimate of drug-likeness (QED) is 0.167. The Morgan fingerprint density at radius 1 is 0.400 bits per heavy atom. The van der Waals surface area contributed by atoms with Gasteiger partial charge in [0.25, 0.3) is 0 Å². The van der Waals surface area contributed by atoms with E-state index in [0.717, 1.165) is 44.3 Å². The van der Waals surface area contributed by atoms with Crippen LogP contribution in [-0.2, 0) is 0 Å². The molecule has 0 saturated carbocycles. The summed E-state index contributed by atoms with van der Waals surface area (Å²) in [6, 6.07) is 43.6. The maximum absolute atomic E-state index is 8.60. The van der Waals surface area contributed by atoms with Crippen LogP contribution in [0.4, 0.5) is 17.1 Å². The van der Waals surface area contributed by atoms with E-state index in [9.17, 15) is 0 Å². The number of anilines is 3. The minimum Gasteiger partial charge on any atom is -0.310 e. The molecule has 50 heavy (non-hydrogen) atoms. The first-order valence-electron chi connectivity index (χ1n) is 21.3. The summed E-state index contributed by atoms with van der Waals surface area (Å²) in [4.78, 5) is 2.06. The van der Waals surface area contributed by atoms with Crippen LogP contribution in [0.1, 0.15) is 13.7 Å². The van der Waals surface area contributed by atoms with Crippen molar-refractivity contribution in [2.45, 2.75) is 0 Å². The molecule has 8 aromatic carbocycles. The highest BCUT2D eigenvalue weighted by atomic mass is 15.1. The first-order chi connectivity index (χ1) is 29.0. The van der Waals surface area contributed by atoms with Gasteiger partial charge < -0.3 is 9.47 Å². The molecular formula is C48H34N2. The Morgan fingerprint density at radius 3 is 1.56 bits per heavy atom. The average Bonchev–Trinajstić information content (AvgIpc) is 3.63. The van der Waals surface area contributed by atoms with Crippen molar-refractivity contribution in [1.82, 2.24) is 4.57 Å². The van der Waals surface area contributed by atoms with Crippen LogP contribution in [0.5, 0.6) is 0 Å². The number of benzene rings is 8. The topological polar surface area (TPSA) is 8.17 Å². The minimum atomic E-state index is -0.456. The van der Waals surface area contributed by atoms with E-state index in [-0.39, 0.29) is 35.3 Å². The molecular weight excluding hydrogens is 605 g/mol. The molecule has 0 atom stereocenters. The molecule has 9 rings (SSSR count). The number of hydrogen-bond acceptors (Lipinski definition) is 1. The fourth-order valence-electron chi connectivity index (χ4n) is 6.77. The predicted octanol–water partition coefficient (Wildman–Crippen LogP) is 13.3. The van der Waals surface area contributed by atoms with Crippen LogP contribution in [0.25, 0.3) is 60.9 Å². The van der Waals surface area contributed by atoms with Crippen molar-refractivity contribution in [2.24, 2.45) is 0 Å². The Balaban J connectivity index is 1.26. The zero-order valence-corrected chi connectivity index (χ0v) is 26.8. The number of aromatic nitrogens is 1. The molecule has 0 aliphatic heterocycles. The maximum atomic E-state index is 8.60. The van der Waals surface area contributed by atoms with Gasteiger partial charge in [-0.3, -0.25) is 0 Å². The van der Waals surface area contributed by atoms with Crippen molar-refractivity contribution < 1.29 is 13.7 Å². The molecule has 2 heteroatoms. The van der Waals surface area contributed by atoms with Crippen LogP contribution in [0.2, 0.25) is 0 Å². The summed E-state index contributed by atoms with van der Waals surface area (Å²) in [7, 11) is 0. The summed E-state index contributed by atoms with van der Waals surface area (Å²) < 4.78 is 85.8. The zero-order valence-electron chi connectivity index (χ0n) is 36.8. The molecule has 0 N–H and O–H groups in total. The molecule has 0 radical (unpaired) electrons. The maximum Gasteiger partial charge on any atom is 0.0629 e. The number of nitrogens with zero attached hydrogens (tertiary/aromatic N) is 2. The lowest BCUT2D eigenvalue weighted by molar-refractivity contribution is 1.18. The highest BCUT2D eigenvalue weighted by Crippen LogP contribution is 2.45. The second-order valence-corrected chi connectivity index (χ2v) is 11.8. The zero-order chi connectivity index (χ0) is 42.0. The number of hydrogen-bond donors (Lipinski definition) is 0. The van der Waals surface area contributed by atoms with Crippen molar-refractivity contribution in [3.05, 3.63) is 206 Å². The summed E-state index contributed by atoms with van der Waals surface area (Å²) in [6.07, 6.45) is 0. The van der Waals surface area contributed by atoms with E-state index in [1.807, 2.05) is 72.8 Å². The first-order valence-corrected chi connectivity index (χ1v) is 16.3. The van der Waals surface area contributed by atoms with Crippen molar-refractivity contribution >= 4 is 38.9 Å². The first kappa shape index (κ1) is 20.7. The third-order valence-electron chi connectivity index (χ3n) is 8.98. The number of fused-ring (bicyclic) bond motifs is 3. The van der Waals surface area contributed by atoms with Gasteiger partial charge in [0.05, 0.1) is 30.4 Å². The second kappa shape index (κ2) is 12.8. The molecule has 0 saturated heterocycles. The van der Waals surface area contributed by atoms with Gasteiger partial charge in [0.1, 0.15) is 0 Å². The van der Waals surface area contributed by atoms with Gasteiger partial charge >= 0.3 is 0 Å². The lowest BCUT2D eigenvalue weighted by Gasteiger charge is -2.28. The Kier molecular flexibility index (Phi) is 5.27. The van der Waals surface area contributed by atoms with E-state index in [1.54, 1.807) is 24.3 Å². The van der Waals surface area contributed by atoms with Crippen molar-refractivity contribution in [3.8, 4) is 39.1 Å². The summed E-state index contributed by atoms with van der Waals surface area (Å²) in [6.45, 7) is 0. The molecule has 1 aromatic heterocycles. The van der Waals surface area contributed by atoms with Crippen LogP contribution in [-0.4, -0.2) is 4.57 Å². The lowest BCUT2D eigenvalue weighted by atomic mass is 9.96. The van der Waals surface area contributed by atoms with Crippen molar-refractivity contribution in [3.63, 3.8) is 0 Å². The van der Waals surface area contributed by atoms with Crippen molar-refractivity contribution in [2.75, 3.05) is 4.90 Å². The van der Waals surface area contributed by atoms with Gasteiger partial charge in [-0.25, -0.2) is 0 Å². The average molecular weight is 649 g/mol.